The molecule has 2 aromatic rings. The third kappa shape index (κ3) is 7.31. The standard InChI is InChI=1S/C25H29NO7/c1-6-33-25(28)11-12-26-21-14-17(7-10-22(21)30-3)13-18(27)8-9-20-23(31-4)15-19(29-2)16-24(20)32-5/h7-12,14-16,26H,6,13H2,1-5H3/b9-8+,12-11+. The normalized spacial score (nSPS) is 10.8. The van der Waals surface area contributed by atoms with Crippen LogP contribution in [-0.4, -0.2) is 46.8 Å². The van der Waals surface area contributed by atoms with E-state index in [4.69, 9.17) is 23.7 Å². The van der Waals surface area contributed by atoms with E-state index in [9.17, 15) is 9.59 Å². The van der Waals surface area contributed by atoms with Gasteiger partial charge < -0.3 is 29.0 Å². The molecule has 33 heavy (non-hydrogen) atoms. The number of ether oxygens (including phenoxy) is 5. The van der Waals surface area contributed by atoms with Crippen LogP contribution >= 0.6 is 0 Å². The molecule has 0 unspecified atom stereocenters. The molecule has 0 aliphatic rings. The molecule has 176 valence electrons. The molecule has 2 aromatic carbocycles. The second-order valence-corrected chi connectivity index (χ2v) is 6.69. The summed E-state index contributed by atoms with van der Waals surface area (Å²) in [7, 11) is 6.17. The van der Waals surface area contributed by atoms with Gasteiger partial charge in [-0.05, 0) is 36.8 Å². The number of rotatable bonds is 12. The SMILES string of the molecule is CCOC(=O)/C=C/Nc1cc(CC(=O)/C=C/c2c(OC)cc(OC)cc2OC)ccc1OC. The first-order valence-corrected chi connectivity index (χ1v) is 10.2. The van der Waals surface area contributed by atoms with E-state index in [1.54, 1.807) is 57.6 Å². The zero-order chi connectivity index (χ0) is 24.2. The molecule has 0 atom stereocenters. The van der Waals surface area contributed by atoms with Crippen LogP contribution in [0.1, 0.15) is 18.1 Å². The zero-order valence-corrected chi connectivity index (χ0v) is 19.5. The number of carbonyl (C=O) groups is 2. The molecule has 0 aliphatic carbocycles. The zero-order valence-electron chi connectivity index (χ0n) is 19.5. The van der Waals surface area contributed by atoms with Crippen LogP contribution in [0.15, 0.2) is 48.7 Å². The third-order valence-corrected chi connectivity index (χ3v) is 4.58. The maximum absolute atomic E-state index is 12.6. The smallest absolute Gasteiger partial charge is 0.332 e. The molecule has 0 amide bonds. The lowest BCUT2D eigenvalue weighted by Crippen LogP contribution is -2.02. The van der Waals surface area contributed by atoms with Gasteiger partial charge in [0.15, 0.2) is 5.78 Å². The van der Waals surface area contributed by atoms with Gasteiger partial charge in [0.25, 0.3) is 0 Å². The summed E-state index contributed by atoms with van der Waals surface area (Å²) in [5.74, 6) is 1.64. The van der Waals surface area contributed by atoms with Crippen molar-refractivity contribution in [2.45, 2.75) is 13.3 Å². The van der Waals surface area contributed by atoms with Gasteiger partial charge in [0.05, 0.1) is 46.3 Å². The van der Waals surface area contributed by atoms with Gasteiger partial charge in [-0.3, -0.25) is 4.79 Å². The Kier molecular flexibility index (Phi) is 9.82. The molecular weight excluding hydrogens is 426 g/mol. The number of ketones is 1. The van der Waals surface area contributed by atoms with Crippen molar-refractivity contribution in [3.05, 3.63) is 59.8 Å². The molecule has 0 saturated carbocycles. The van der Waals surface area contributed by atoms with Crippen molar-refractivity contribution < 1.29 is 33.3 Å². The quantitative estimate of drug-likeness (QED) is 0.379. The van der Waals surface area contributed by atoms with Crippen LogP contribution in [0.3, 0.4) is 0 Å². The molecule has 0 bridgehead atoms. The van der Waals surface area contributed by atoms with Crippen LogP contribution in [0.5, 0.6) is 23.0 Å². The second kappa shape index (κ2) is 12.8. The number of allylic oxidation sites excluding steroid dienone is 1. The summed E-state index contributed by atoms with van der Waals surface area (Å²) in [5.41, 5.74) is 2.02. The number of carbonyl (C=O) groups excluding carboxylic acids is 2. The van der Waals surface area contributed by atoms with Gasteiger partial charge in [-0.25, -0.2) is 4.79 Å². The fraction of sp³-hybridized carbons (Fsp3) is 0.280. The van der Waals surface area contributed by atoms with E-state index in [0.717, 1.165) is 5.56 Å². The lowest BCUT2D eigenvalue weighted by Gasteiger charge is -2.12. The van der Waals surface area contributed by atoms with E-state index in [0.29, 0.717) is 40.9 Å². The Morgan fingerprint density at radius 1 is 0.879 bits per heavy atom. The highest BCUT2D eigenvalue weighted by Gasteiger charge is 2.12. The summed E-state index contributed by atoms with van der Waals surface area (Å²) in [6, 6.07) is 8.78. The van der Waals surface area contributed by atoms with Crippen LogP contribution < -0.4 is 24.3 Å². The predicted molar refractivity (Wildman–Crippen MR) is 126 cm³/mol. The van der Waals surface area contributed by atoms with Gasteiger partial charge in [0.1, 0.15) is 23.0 Å². The summed E-state index contributed by atoms with van der Waals surface area (Å²) in [6.07, 6.45) is 6.04. The number of hydrogen-bond acceptors (Lipinski definition) is 8. The van der Waals surface area contributed by atoms with E-state index in [-0.39, 0.29) is 12.2 Å². The minimum Gasteiger partial charge on any atom is -0.496 e. The number of hydrogen-bond donors (Lipinski definition) is 1. The predicted octanol–water partition coefficient (Wildman–Crippen LogP) is 4.03. The van der Waals surface area contributed by atoms with Crippen molar-refractivity contribution >= 4 is 23.5 Å². The monoisotopic (exact) mass is 455 g/mol. The number of anilines is 1. The number of esters is 1. The van der Waals surface area contributed by atoms with Crippen LogP contribution in [0, 0.1) is 0 Å². The first-order chi connectivity index (χ1) is 15.9. The Labute approximate surface area is 193 Å². The average molecular weight is 456 g/mol. The van der Waals surface area contributed by atoms with Crippen molar-refractivity contribution in [1.29, 1.82) is 0 Å². The Balaban J connectivity index is 2.17. The van der Waals surface area contributed by atoms with Crippen molar-refractivity contribution in [3.8, 4) is 23.0 Å². The lowest BCUT2D eigenvalue weighted by molar-refractivity contribution is -0.137. The fourth-order valence-corrected chi connectivity index (χ4v) is 3.00. The van der Waals surface area contributed by atoms with E-state index in [1.807, 2.05) is 0 Å². The highest BCUT2D eigenvalue weighted by molar-refractivity contribution is 5.96. The molecule has 8 nitrogen and oxygen atoms in total. The van der Waals surface area contributed by atoms with E-state index < -0.39 is 5.97 Å². The molecule has 1 N–H and O–H groups in total. The van der Waals surface area contributed by atoms with Crippen molar-refractivity contribution in [2.75, 3.05) is 40.4 Å². The highest BCUT2D eigenvalue weighted by atomic mass is 16.5. The van der Waals surface area contributed by atoms with Crippen LogP contribution in [0.25, 0.3) is 6.08 Å². The van der Waals surface area contributed by atoms with Gasteiger partial charge in [-0.1, -0.05) is 6.07 Å². The van der Waals surface area contributed by atoms with Gasteiger partial charge in [-0.2, -0.15) is 0 Å². The third-order valence-electron chi connectivity index (χ3n) is 4.58. The molecule has 0 aromatic heterocycles. The minimum atomic E-state index is -0.454. The average Bonchev–Trinajstić information content (AvgIpc) is 2.82. The minimum absolute atomic E-state index is 0.117. The Morgan fingerprint density at radius 3 is 2.12 bits per heavy atom. The lowest BCUT2D eigenvalue weighted by atomic mass is 10.1. The molecule has 2 rings (SSSR count). The van der Waals surface area contributed by atoms with Gasteiger partial charge >= 0.3 is 5.97 Å². The molecule has 0 spiro atoms. The van der Waals surface area contributed by atoms with E-state index in [2.05, 4.69) is 5.32 Å². The molecule has 0 aliphatic heterocycles. The molecular formula is C25H29NO7. The van der Waals surface area contributed by atoms with Gasteiger partial charge in [0.2, 0.25) is 0 Å². The molecule has 0 fully saturated rings. The summed E-state index contributed by atoms with van der Waals surface area (Å²) >= 11 is 0. The fourth-order valence-electron chi connectivity index (χ4n) is 3.00. The first-order valence-electron chi connectivity index (χ1n) is 10.2. The molecule has 0 radical (unpaired) electrons. The van der Waals surface area contributed by atoms with Gasteiger partial charge in [0, 0.05) is 30.8 Å². The first kappa shape index (κ1) is 25.3. The Hall–Kier alpha value is -3.94. The van der Waals surface area contributed by atoms with Crippen molar-refractivity contribution in [3.63, 3.8) is 0 Å². The maximum atomic E-state index is 12.6. The highest BCUT2D eigenvalue weighted by Crippen LogP contribution is 2.35. The summed E-state index contributed by atoms with van der Waals surface area (Å²) in [5, 5.41) is 2.99. The van der Waals surface area contributed by atoms with Crippen LogP contribution in [0.2, 0.25) is 0 Å². The van der Waals surface area contributed by atoms with Crippen LogP contribution in [-0.2, 0) is 20.7 Å². The summed E-state index contributed by atoms with van der Waals surface area (Å²) < 4.78 is 26.2. The van der Waals surface area contributed by atoms with E-state index >= 15 is 0 Å². The van der Waals surface area contributed by atoms with Crippen molar-refractivity contribution in [1.82, 2.24) is 0 Å². The Morgan fingerprint density at radius 2 is 1.55 bits per heavy atom. The van der Waals surface area contributed by atoms with Gasteiger partial charge in [-0.15, -0.1) is 0 Å². The van der Waals surface area contributed by atoms with E-state index in [1.165, 1.54) is 32.6 Å². The number of methoxy groups -OCH3 is 4. The van der Waals surface area contributed by atoms with Crippen LogP contribution in [0.4, 0.5) is 5.69 Å². The number of benzene rings is 2. The largest absolute Gasteiger partial charge is 0.496 e. The molecule has 0 saturated heterocycles. The van der Waals surface area contributed by atoms with Crippen molar-refractivity contribution in [2.24, 2.45) is 0 Å². The molecule has 0 heterocycles. The second-order valence-electron chi connectivity index (χ2n) is 6.69. The summed E-state index contributed by atoms with van der Waals surface area (Å²) in [4.78, 5) is 24.1. The maximum Gasteiger partial charge on any atom is 0.332 e. The molecule has 8 heteroatoms. The topological polar surface area (TPSA) is 92.3 Å². The summed E-state index contributed by atoms with van der Waals surface area (Å²) in [6.45, 7) is 2.03. The number of nitrogens with one attached hydrogen (secondary N) is 1. The Bertz CT molecular complexity index is 1000.